The first-order chi connectivity index (χ1) is 7.99. The Hall–Kier alpha value is -0.340. The van der Waals surface area contributed by atoms with E-state index >= 15 is 0 Å². The van der Waals surface area contributed by atoms with Crippen LogP contribution >= 0.6 is 0 Å². The highest BCUT2D eigenvalue weighted by Gasteiger charge is 2.44. The quantitative estimate of drug-likeness (QED) is 0.740. The summed E-state index contributed by atoms with van der Waals surface area (Å²) in [4.78, 5) is 0. The van der Waals surface area contributed by atoms with Gasteiger partial charge in [0.1, 0.15) is 0 Å². The molecule has 2 nitrogen and oxygen atoms in total. The van der Waals surface area contributed by atoms with Crippen LogP contribution in [-0.2, 0) is 0 Å². The van der Waals surface area contributed by atoms with E-state index in [0.717, 1.165) is 12.8 Å². The van der Waals surface area contributed by atoms with Gasteiger partial charge in [-0.2, -0.15) is 0 Å². The molecule has 0 radical (unpaired) electrons. The molecule has 0 saturated heterocycles. The van der Waals surface area contributed by atoms with Crippen molar-refractivity contribution in [3.05, 3.63) is 11.1 Å². The summed E-state index contributed by atoms with van der Waals surface area (Å²) in [6.07, 6.45) is 5.52. The summed E-state index contributed by atoms with van der Waals surface area (Å²) in [7, 11) is 0. The lowest BCUT2D eigenvalue weighted by Crippen LogP contribution is -2.43. The molecule has 2 N–H and O–H groups in total. The van der Waals surface area contributed by atoms with Gasteiger partial charge in [-0.05, 0) is 61.9 Å². The molecular weight excluding hydrogens is 224 g/mol. The second-order valence-electron chi connectivity index (χ2n) is 6.42. The zero-order valence-electron chi connectivity index (χ0n) is 11.4. The number of hydrogen-bond donors (Lipinski definition) is 2. The van der Waals surface area contributed by atoms with Crippen molar-refractivity contribution < 1.29 is 10.2 Å². The second kappa shape index (κ2) is 5.75. The molecule has 106 valence electrons. The predicted molar refractivity (Wildman–Crippen MR) is 76.4 cm³/mol. The van der Waals surface area contributed by atoms with Gasteiger partial charge in [0.2, 0.25) is 0 Å². The summed E-state index contributed by atoms with van der Waals surface area (Å²) in [6, 6.07) is 0. The van der Waals surface area contributed by atoms with Crippen LogP contribution in [0.15, 0.2) is 11.1 Å². The van der Waals surface area contributed by atoms with E-state index in [1.807, 2.05) is 0 Å². The highest BCUT2D eigenvalue weighted by Crippen LogP contribution is 2.52. The molecule has 0 heterocycles. The Kier molecular flexibility index (Phi) is 5.02. The van der Waals surface area contributed by atoms with E-state index in [-0.39, 0.29) is 37.4 Å². The average molecular weight is 254 g/mol. The Labute approximate surface area is 112 Å². The zero-order chi connectivity index (χ0) is 12.6. The Balaban J connectivity index is 0.00000162. The van der Waals surface area contributed by atoms with Crippen LogP contribution in [0.5, 0.6) is 0 Å². The Morgan fingerprint density at radius 2 is 2.06 bits per heavy atom. The molecule has 4 atom stereocenters. The van der Waals surface area contributed by atoms with E-state index in [0.29, 0.717) is 0 Å². The predicted octanol–water partition coefficient (Wildman–Crippen LogP) is 3.53. The van der Waals surface area contributed by atoms with Gasteiger partial charge < -0.3 is 10.2 Å². The lowest BCUT2D eigenvalue weighted by atomic mass is 9.59. The van der Waals surface area contributed by atoms with Crippen molar-refractivity contribution in [3.8, 4) is 0 Å². The third kappa shape index (κ3) is 2.50. The summed E-state index contributed by atoms with van der Waals surface area (Å²) in [5, 5.41) is 19.9. The van der Waals surface area contributed by atoms with Crippen molar-refractivity contribution >= 4 is 0 Å². The normalized spacial score (nSPS) is 37.8. The molecule has 0 aromatic heterocycles. The van der Waals surface area contributed by atoms with Gasteiger partial charge in [0.25, 0.3) is 0 Å². The average Bonchev–Trinajstić information content (AvgIpc) is 2.28. The van der Waals surface area contributed by atoms with Crippen LogP contribution in [0.1, 0.15) is 60.3 Å². The first kappa shape index (κ1) is 15.7. The number of fused-ring (bicyclic) bond motifs is 1. The fourth-order valence-corrected chi connectivity index (χ4v) is 3.99. The maximum atomic E-state index is 10.6. The van der Waals surface area contributed by atoms with E-state index in [2.05, 4.69) is 20.8 Å². The molecule has 0 aromatic rings. The van der Waals surface area contributed by atoms with Gasteiger partial charge in [0.15, 0.2) is 0 Å². The van der Waals surface area contributed by atoms with Crippen molar-refractivity contribution in [2.24, 2.45) is 17.3 Å². The minimum absolute atomic E-state index is 0. The minimum atomic E-state index is -0.323. The van der Waals surface area contributed by atoms with Crippen molar-refractivity contribution in [2.45, 2.75) is 66.4 Å². The molecule has 2 aliphatic rings. The van der Waals surface area contributed by atoms with Crippen molar-refractivity contribution in [3.63, 3.8) is 0 Å². The number of allylic oxidation sites excluding steroid dienone is 1. The summed E-state index contributed by atoms with van der Waals surface area (Å²) in [5.41, 5.74) is 2.94. The molecule has 2 aliphatic carbocycles. The van der Waals surface area contributed by atoms with Gasteiger partial charge in [0, 0.05) is 6.61 Å². The van der Waals surface area contributed by atoms with Crippen molar-refractivity contribution in [1.29, 1.82) is 0 Å². The molecule has 2 rings (SSSR count). The third-order valence-corrected chi connectivity index (χ3v) is 5.14. The minimum Gasteiger partial charge on any atom is -0.396 e. The molecule has 0 spiro atoms. The van der Waals surface area contributed by atoms with Crippen LogP contribution in [0.4, 0.5) is 0 Å². The fourth-order valence-electron chi connectivity index (χ4n) is 3.99. The first-order valence-corrected chi connectivity index (χ1v) is 6.98. The number of aliphatic hydroxyl groups excluding tert-OH is 2. The first-order valence-electron chi connectivity index (χ1n) is 6.98. The standard InChI is InChI=1S/C15H26O2.CH4/c1-10-5-4-7-15(3)8-6-12(11(2)9-16)14(17)13(10)15;/h11-12,14,16-17H,4-9H2,1-3H3;1H4. The van der Waals surface area contributed by atoms with E-state index < -0.39 is 0 Å². The maximum Gasteiger partial charge on any atom is 0.0789 e. The summed E-state index contributed by atoms with van der Waals surface area (Å²) >= 11 is 0. The molecule has 0 aliphatic heterocycles. The maximum absolute atomic E-state index is 10.6. The molecule has 1 fully saturated rings. The van der Waals surface area contributed by atoms with E-state index in [1.165, 1.54) is 30.4 Å². The van der Waals surface area contributed by atoms with Gasteiger partial charge in [-0.15, -0.1) is 0 Å². The smallest absolute Gasteiger partial charge is 0.0789 e. The van der Waals surface area contributed by atoms with Crippen molar-refractivity contribution in [1.82, 2.24) is 0 Å². The van der Waals surface area contributed by atoms with Crippen LogP contribution in [0.2, 0.25) is 0 Å². The molecule has 0 amide bonds. The van der Waals surface area contributed by atoms with Gasteiger partial charge in [-0.3, -0.25) is 0 Å². The van der Waals surface area contributed by atoms with Crippen molar-refractivity contribution in [2.75, 3.05) is 6.61 Å². The summed E-state index contributed by atoms with van der Waals surface area (Å²) in [5.74, 6) is 0.452. The fraction of sp³-hybridized carbons (Fsp3) is 0.875. The summed E-state index contributed by atoms with van der Waals surface area (Å²) < 4.78 is 0. The van der Waals surface area contributed by atoms with E-state index in [9.17, 15) is 10.2 Å². The Morgan fingerprint density at radius 3 is 2.67 bits per heavy atom. The molecule has 1 saturated carbocycles. The van der Waals surface area contributed by atoms with Crippen LogP contribution in [0.3, 0.4) is 0 Å². The molecular formula is C16H30O2. The third-order valence-electron chi connectivity index (χ3n) is 5.14. The summed E-state index contributed by atoms with van der Waals surface area (Å²) in [6.45, 7) is 6.73. The molecule has 2 heteroatoms. The molecule has 0 aromatic carbocycles. The lowest BCUT2D eigenvalue weighted by Gasteiger charge is -2.48. The highest BCUT2D eigenvalue weighted by atomic mass is 16.3. The van der Waals surface area contributed by atoms with E-state index in [1.54, 1.807) is 0 Å². The second-order valence-corrected chi connectivity index (χ2v) is 6.42. The number of hydrogen-bond acceptors (Lipinski definition) is 2. The Morgan fingerprint density at radius 1 is 1.39 bits per heavy atom. The SMILES string of the molecule is C.CC1=C2C(O)C(C(C)CO)CCC2(C)CCC1. The van der Waals surface area contributed by atoms with Gasteiger partial charge in [-0.25, -0.2) is 0 Å². The number of rotatable bonds is 2. The monoisotopic (exact) mass is 254 g/mol. The zero-order valence-corrected chi connectivity index (χ0v) is 11.4. The number of aliphatic hydroxyl groups is 2. The van der Waals surface area contributed by atoms with Crippen LogP contribution in [0, 0.1) is 17.3 Å². The largest absolute Gasteiger partial charge is 0.396 e. The molecule has 0 bridgehead atoms. The van der Waals surface area contributed by atoms with Crippen LogP contribution < -0.4 is 0 Å². The van der Waals surface area contributed by atoms with E-state index in [4.69, 9.17) is 0 Å². The topological polar surface area (TPSA) is 40.5 Å². The van der Waals surface area contributed by atoms with Gasteiger partial charge in [-0.1, -0.05) is 26.8 Å². The Bertz CT molecular complexity index is 321. The van der Waals surface area contributed by atoms with Gasteiger partial charge >= 0.3 is 0 Å². The van der Waals surface area contributed by atoms with Gasteiger partial charge in [0.05, 0.1) is 6.10 Å². The molecule has 4 unspecified atom stereocenters. The lowest BCUT2D eigenvalue weighted by molar-refractivity contribution is 0.0192. The highest BCUT2D eigenvalue weighted by molar-refractivity contribution is 5.29. The van der Waals surface area contributed by atoms with Crippen LogP contribution in [0.25, 0.3) is 0 Å². The van der Waals surface area contributed by atoms with Crippen LogP contribution in [-0.4, -0.2) is 22.9 Å². The molecule has 18 heavy (non-hydrogen) atoms.